The molecule has 1 aromatic rings. The largest absolute Gasteiger partial charge is 0.482 e. The molecule has 132 valence electrons. The van der Waals surface area contributed by atoms with Crippen molar-refractivity contribution in [2.24, 2.45) is 0 Å². The zero-order valence-electron chi connectivity index (χ0n) is 13.3. The van der Waals surface area contributed by atoms with Crippen LogP contribution in [-0.4, -0.2) is 49.1 Å². The summed E-state index contributed by atoms with van der Waals surface area (Å²) in [5, 5.41) is 2.74. The number of nitrogens with one attached hydrogen (secondary N) is 1. The maximum absolute atomic E-state index is 12.1. The molecule has 0 aliphatic heterocycles. The molecule has 1 N–H and O–H groups in total. The molecule has 0 aromatic heterocycles. The Labute approximate surface area is 149 Å². The van der Waals surface area contributed by atoms with E-state index in [4.69, 9.17) is 27.9 Å². The Morgan fingerprint density at radius 3 is 2.50 bits per heavy atom. The van der Waals surface area contributed by atoms with Crippen molar-refractivity contribution in [3.05, 3.63) is 28.2 Å². The first-order chi connectivity index (χ1) is 11.4. The Bertz CT molecular complexity index is 610. The molecule has 0 saturated carbocycles. The topological polar surface area (TPSA) is 84.9 Å². The number of hydrogen-bond acceptors (Lipinski definition) is 5. The first-order valence-corrected chi connectivity index (χ1v) is 7.95. The van der Waals surface area contributed by atoms with Crippen molar-refractivity contribution < 1.29 is 23.9 Å². The van der Waals surface area contributed by atoms with Gasteiger partial charge < -0.3 is 14.4 Å². The molecule has 0 radical (unpaired) electrons. The van der Waals surface area contributed by atoms with Gasteiger partial charge in [-0.05, 0) is 32.0 Å². The van der Waals surface area contributed by atoms with E-state index >= 15 is 0 Å². The lowest BCUT2D eigenvalue weighted by atomic mass is 10.3. The van der Waals surface area contributed by atoms with E-state index in [1.807, 2.05) is 5.32 Å². The van der Waals surface area contributed by atoms with Crippen LogP contribution in [-0.2, 0) is 14.3 Å². The van der Waals surface area contributed by atoms with E-state index in [9.17, 15) is 14.4 Å². The molecule has 0 heterocycles. The molecule has 0 spiro atoms. The molecule has 0 bridgehead atoms. The third-order valence-electron chi connectivity index (χ3n) is 2.83. The Balaban J connectivity index is 2.54. The van der Waals surface area contributed by atoms with Gasteiger partial charge in [-0.15, -0.1) is 0 Å². The van der Waals surface area contributed by atoms with Crippen LogP contribution in [0.15, 0.2) is 18.2 Å². The van der Waals surface area contributed by atoms with Gasteiger partial charge in [-0.25, -0.2) is 4.79 Å². The predicted octanol–water partition coefficient (Wildman–Crippen LogP) is 2.49. The molecule has 1 rings (SSSR count). The third-order valence-corrected chi connectivity index (χ3v) is 3.36. The summed E-state index contributed by atoms with van der Waals surface area (Å²) in [6, 6.07) is 4.62. The van der Waals surface area contributed by atoms with E-state index in [2.05, 4.69) is 4.74 Å². The predicted molar refractivity (Wildman–Crippen MR) is 89.4 cm³/mol. The minimum Gasteiger partial charge on any atom is -0.482 e. The summed E-state index contributed by atoms with van der Waals surface area (Å²) in [6.45, 7) is 3.14. The van der Waals surface area contributed by atoms with E-state index in [0.29, 0.717) is 10.8 Å². The summed E-state index contributed by atoms with van der Waals surface area (Å²) in [7, 11) is 0. The van der Waals surface area contributed by atoms with Gasteiger partial charge in [0.25, 0.3) is 5.91 Å². The second kappa shape index (κ2) is 10.00. The minimum absolute atomic E-state index is 0.144. The summed E-state index contributed by atoms with van der Waals surface area (Å²) >= 11 is 11.7. The van der Waals surface area contributed by atoms with Crippen LogP contribution < -0.4 is 10.1 Å². The van der Waals surface area contributed by atoms with Crippen molar-refractivity contribution in [2.75, 3.05) is 26.3 Å². The monoisotopic (exact) mass is 376 g/mol. The molecule has 0 saturated heterocycles. The normalized spacial score (nSPS) is 10.0. The Hall–Kier alpha value is -1.99. The fourth-order valence-electron chi connectivity index (χ4n) is 1.69. The second-order valence-electron chi connectivity index (χ2n) is 4.54. The minimum atomic E-state index is -0.852. The quantitative estimate of drug-likeness (QED) is 0.789. The van der Waals surface area contributed by atoms with E-state index in [-0.39, 0.29) is 31.3 Å². The summed E-state index contributed by atoms with van der Waals surface area (Å²) < 4.78 is 9.92. The van der Waals surface area contributed by atoms with Crippen molar-refractivity contribution in [1.29, 1.82) is 0 Å². The lowest BCUT2D eigenvalue weighted by molar-refractivity contribution is -0.137. The molecule has 0 unspecified atom stereocenters. The molecule has 0 fully saturated rings. The number of alkyl carbamates (subject to hydrolysis) is 1. The lowest BCUT2D eigenvalue weighted by Crippen LogP contribution is -2.44. The standard InChI is InChI=1S/C15H18Cl2N2O5/c1-3-19(8-13(20)18-15(22)23-4-2)14(21)9-24-12-6-5-10(16)7-11(12)17/h5-7H,3-4,8-9H2,1-2H3,(H,18,20,22). The highest BCUT2D eigenvalue weighted by atomic mass is 35.5. The summed E-state index contributed by atoms with van der Waals surface area (Å²) in [5.41, 5.74) is 0. The fourth-order valence-corrected chi connectivity index (χ4v) is 2.16. The zero-order chi connectivity index (χ0) is 18.1. The maximum Gasteiger partial charge on any atom is 0.413 e. The Morgan fingerprint density at radius 2 is 1.92 bits per heavy atom. The number of benzene rings is 1. The number of rotatable bonds is 7. The number of carbonyl (C=O) groups is 3. The van der Waals surface area contributed by atoms with Gasteiger partial charge in [-0.1, -0.05) is 23.2 Å². The number of halogens is 2. The first kappa shape index (κ1) is 20.1. The van der Waals surface area contributed by atoms with Crippen LogP contribution in [0, 0.1) is 0 Å². The highest BCUT2D eigenvalue weighted by Gasteiger charge is 2.18. The van der Waals surface area contributed by atoms with Gasteiger partial charge in [0.15, 0.2) is 6.61 Å². The number of carbonyl (C=O) groups excluding carboxylic acids is 3. The van der Waals surface area contributed by atoms with Gasteiger partial charge >= 0.3 is 6.09 Å². The molecule has 3 amide bonds. The highest BCUT2D eigenvalue weighted by Crippen LogP contribution is 2.27. The third kappa shape index (κ3) is 6.64. The van der Waals surface area contributed by atoms with Gasteiger partial charge in [0, 0.05) is 11.6 Å². The SMILES string of the molecule is CCOC(=O)NC(=O)CN(CC)C(=O)COc1ccc(Cl)cc1Cl. The smallest absolute Gasteiger partial charge is 0.413 e. The van der Waals surface area contributed by atoms with Crippen LogP contribution in [0.5, 0.6) is 5.75 Å². The van der Waals surface area contributed by atoms with Crippen molar-refractivity contribution in [3.8, 4) is 5.75 Å². The van der Waals surface area contributed by atoms with Crippen molar-refractivity contribution in [1.82, 2.24) is 10.2 Å². The van der Waals surface area contributed by atoms with E-state index in [1.54, 1.807) is 26.0 Å². The van der Waals surface area contributed by atoms with Gasteiger partial charge in [0.2, 0.25) is 5.91 Å². The van der Waals surface area contributed by atoms with Crippen LogP contribution in [0.3, 0.4) is 0 Å². The Morgan fingerprint density at radius 1 is 1.21 bits per heavy atom. The van der Waals surface area contributed by atoms with Crippen molar-refractivity contribution in [3.63, 3.8) is 0 Å². The van der Waals surface area contributed by atoms with Crippen LogP contribution in [0.25, 0.3) is 0 Å². The number of amides is 3. The van der Waals surface area contributed by atoms with Crippen LogP contribution >= 0.6 is 23.2 Å². The van der Waals surface area contributed by atoms with Gasteiger partial charge in [0.1, 0.15) is 12.3 Å². The summed E-state index contributed by atoms with van der Waals surface area (Å²) in [4.78, 5) is 36.2. The molecule has 24 heavy (non-hydrogen) atoms. The van der Waals surface area contributed by atoms with E-state index < -0.39 is 17.9 Å². The molecule has 9 heteroatoms. The number of hydrogen-bond donors (Lipinski definition) is 1. The van der Waals surface area contributed by atoms with Crippen molar-refractivity contribution >= 4 is 41.1 Å². The summed E-state index contributed by atoms with van der Waals surface area (Å²) in [6.07, 6.45) is -0.852. The Kier molecular flexibility index (Phi) is 8.35. The number of nitrogens with zero attached hydrogens (tertiary/aromatic N) is 1. The lowest BCUT2D eigenvalue weighted by Gasteiger charge is -2.20. The van der Waals surface area contributed by atoms with Crippen molar-refractivity contribution in [2.45, 2.75) is 13.8 Å². The van der Waals surface area contributed by atoms with E-state index in [1.165, 1.54) is 11.0 Å². The van der Waals surface area contributed by atoms with Gasteiger partial charge in [-0.3, -0.25) is 14.9 Å². The molecular formula is C15H18Cl2N2O5. The summed E-state index contributed by atoms with van der Waals surface area (Å²) in [5.74, 6) is -0.767. The first-order valence-electron chi connectivity index (χ1n) is 7.19. The molecular weight excluding hydrogens is 359 g/mol. The van der Waals surface area contributed by atoms with Crippen LogP contribution in [0.4, 0.5) is 4.79 Å². The number of imide groups is 1. The van der Waals surface area contributed by atoms with Gasteiger partial charge in [0.05, 0.1) is 11.6 Å². The maximum atomic E-state index is 12.1. The van der Waals surface area contributed by atoms with Crippen LogP contribution in [0.2, 0.25) is 10.0 Å². The highest BCUT2D eigenvalue weighted by molar-refractivity contribution is 6.35. The van der Waals surface area contributed by atoms with E-state index in [0.717, 1.165) is 0 Å². The molecule has 0 aliphatic rings. The van der Waals surface area contributed by atoms with Gasteiger partial charge in [-0.2, -0.15) is 0 Å². The molecule has 0 atom stereocenters. The molecule has 1 aromatic carbocycles. The fraction of sp³-hybridized carbons (Fsp3) is 0.400. The number of likely N-dealkylation sites (N-methyl/N-ethyl adjacent to an activating group) is 1. The average molecular weight is 377 g/mol. The molecule has 7 nitrogen and oxygen atoms in total. The number of ether oxygens (including phenoxy) is 2. The average Bonchev–Trinajstić information content (AvgIpc) is 2.51. The molecule has 0 aliphatic carbocycles. The van der Waals surface area contributed by atoms with Crippen LogP contribution in [0.1, 0.15) is 13.8 Å². The zero-order valence-corrected chi connectivity index (χ0v) is 14.8. The second-order valence-corrected chi connectivity index (χ2v) is 5.38.